The molecule has 2 N–H and O–H groups in total. The average molecular weight is 274 g/mol. The van der Waals surface area contributed by atoms with E-state index >= 15 is 0 Å². The summed E-state index contributed by atoms with van der Waals surface area (Å²) in [6.07, 6.45) is 2.17. The molecule has 1 heterocycles. The van der Waals surface area contributed by atoms with Crippen LogP contribution in [0.25, 0.3) is 0 Å². The summed E-state index contributed by atoms with van der Waals surface area (Å²) >= 11 is 1.34. The number of thioether (sulfide) groups is 1. The van der Waals surface area contributed by atoms with Gasteiger partial charge in [-0.25, -0.2) is 14.4 Å². The van der Waals surface area contributed by atoms with Crippen LogP contribution in [0.15, 0.2) is 29.4 Å². The standard InChI is InChI=1S/C13H11FN4S/c1-19-13-17-11(10(7-15)12(16)18-13)6-8-3-2-4-9(14)5-8/h2-5H,6H2,1H3,(H2,16,17,18). The molecule has 0 bridgehead atoms. The van der Waals surface area contributed by atoms with Crippen LogP contribution < -0.4 is 5.73 Å². The SMILES string of the molecule is CSc1nc(N)c(C#N)c(Cc2cccc(F)c2)n1. The van der Waals surface area contributed by atoms with Crippen molar-refractivity contribution in [2.45, 2.75) is 11.6 Å². The van der Waals surface area contributed by atoms with Gasteiger partial charge in [-0.1, -0.05) is 23.9 Å². The zero-order valence-electron chi connectivity index (χ0n) is 10.2. The lowest BCUT2D eigenvalue weighted by Gasteiger charge is -2.07. The third kappa shape index (κ3) is 3.01. The average Bonchev–Trinajstić information content (AvgIpc) is 2.38. The number of nitrogens with zero attached hydrogens (tertiary/aromatic N) is 3. The van der Waals surface area contributed by atoms with Crippen LogP contribution in [0.2, 0.25) is 0 Å². The number of nitrogens with two attached hydrogens (primary N) is 1. The quantitative estimate of drug-likeness (QED) is 0.687. The fourth-order valence-electron chi connectivity index (χ4n) is 1.68. The lowest BCUT2D eigenvalue weighted by molar-refractivity contribution is 0.626. The molecule has 1 aromatic heterocycles. The van der Waals surface area contributed by atoms with Gasteiger partial charge in [0.15, 0.2) is 5.16 Å². The van der Waals surface area contributed by atoms with E-state index < -0.39 is 0 Å². The predicted octanol–water partition coefficient (Wildman–Crippen LogP) is 2.38. The molecule has 0 aliphatic rings. The van der Waals surface area contributed by atoms with Gasteiger partial charge in [-0.2, -0.15) is 5.26 Å². The van der Waals surface area contributed by atoms with Crippen molar-refractivity contribution in [2.24, 2.45) is 0 Å². The lowest BCUT2D eigenvalue weighted by atomic mass is 10.1. The maximum absolute atomic E-state index is 13.2. The lowest BCUT2D eigenvalue weighted by Crippen LogP contribution is -2.05. The zero-order valence-corrected chi connectivity index (χ0v) is 11.0. The number of nitriles is 1. The van der Waals surface area contributed by atoms with E-state index in [1.54, 1.807) is 12.1 Å². The second-order valence-corrected chi connectivity index (χ2v) is 4.61. The zero-order chi connectivity index (χ0) is 13.8. The highest BCUT2D eigenvalue weighted by Gasteiger charge is 2.12. The Hall–Kier alpha value is -2.13. The molecular formula is C13H11FN4S. The van der Waals surface area contributed by atoms with Crippen molar-refractivity contribution in [3.63, 3.8) is 0 Å². The van der Waals surface area contributed by atoms with E-state index in [0.29, 0.717) is 17.3 Å². The molecule has 1 aromatic carbocycles. The molecule has 2 rings (SSSR count). The van der Waals surface area contributed by atoms with Crippen LogP contribution in [0, 0.1) is 17.1 Å². The highest BCUT2D eigenvalue weighted by atomic mass is 32.2. The molecular weight excluding hydrogens is 263 g/mol. The predicted molar refractivity (Wildman–Crippen MR) is 72.1 cm³/mol. The third-order valence-corrected chi connectivity index (χ3v) is 3.09. The minimum Gasteiger partial charge on any atom is -0.382 e. The van der Waals surface area contributed by atoms with Crippen LogP contribution in [0.4, 0.5) is 10.2 Å². The topological polar surface area (TPSA) is 75.6 Å². The van der Waals surface area contributed by atoms with Gasteiger partial charge in [0.2, 0.25) is 0 Å². The van der Waals surface area contributed by atoms with Crippen molar-refractivity contribution >= 4 is 17.6 Å². The molecule has 0 amide bonds. The number of halogens is 1. The molecule has 2 aromatic rings. The molecule has 96 valence electrons. The molecule has 19 heavy (non-hydrogen) atoms. The van der Waals surface area contributed by atoms with Gasteiger partial charge in [-0.05, 0) is 24.0 Å². The van der Waals surface area contributed by atoms with E-state index in [9.17, 15) is 4.39 Å². The van der Waals surface area contributed by atoms with Crippen molar-refractivity contribution < 1.29 is 4.39 Å². The fraction of sp³-hybridized carbons (Fsp3) is 0.154. The monoisotopic (exact) mass is 274 g/mol. The number of hydrogen-bond acceptors (Lipinski definition) is 5. The minimum atomic E-state index is -0.317. The first-order valence-electron chi connectivity index (χ1n) is 5.49. The Balaban J connectivity index is 2.44. The molecule has 0 saturated carbocycles. The summed E-state index contributed by atoms with van der Waals surface area (Å²) in [5.74, 6) is -0.156. The second-order valence-electron chi connectivity index (χ2n) is 3.84. The van der Waals surface area contributed by atoms with E-state index in [1.165, 1.54) is 23.9 Å². The number of benzene rings is 1. The summed E-state index contributed by atoms with van der Waals surface area (Å²) in [5, 5.41) is 9.61. The Bertz CT molecular complexity index is 652. The van der Waals surface area contributed by atoms with E-state index in [0.717, 1.165) is 5.56 Å². The van der Waals surface area contributed by atoms with Crippen molar-refractivity contribution in [2.75, 3.05) is 12.0 Å². The Morgan fingerprint density at radius 3 is 2.84 bits per heavy atom. The summed E-state index contributed by atoms with van der Waals surface area (Å²) in [5.41, 5.74) is 7.24. The molecule has 0 saturated heterocycles. The Labute approximate surface area is 114 Å². The third-order valence-electron chi connectivity index (χ3n) is 2.55. The van der Waals surface area contributed by atoms with Crippen molar-refractivity contribution in [1.82, 2.24) is 9.97 Å². The maximum atomic E-state index is 13.2. The van der Waals surface area contributed by atoms with Gasteiger partial charge in [-0.15, -0.1) is 0 Å². The van der Waals surface area contributed by atoms with E-state index in [4.69, 9.17) is 11.0 Å². The molecule has 0 fully saturated rings. The van der Waals surface area contributed by atoms with Gasteiger partial charge >= 0.3 is 0 Å². The van der Waals surface area contributed by atoms with E-state index in [-0.39, 0.29) is 17.2 Å². The first-order chi connectivity index (χ1) is 9.13. The fourth-order valence-corrected chi connectivity index (χ4v) is 2.08. The smallest absolute Gasteiger partial charge is 0.189 e. The summed E-state index contributed by atoms with van der Waals surface area (Å²) in [6, 6.07) is 8.18. The Kier molecular flexibility index (Phi) is 3.97. The number of hydrogen-bond donors (Lipinski definition) is 1. The van der Waals surface area contributed by atoms with Crippen LogP contribution in [0.3, 0.4) is 0 Å². The summed E-state index contributed by atoms with van der Waals surface area (Å²) in [7, 11) is 0. The Morgan fingerprint density at radius 1 is 1.42 bits per heavy atom. The van der Waals surface area contributed by atoms with Crippen molar-refractivity contribution in [1.29, 1.82) is 5.26 Å². The highest BCUT2D eigenvalue weighted by Crippen LogP contribution is 2.20. The van der Waals surface area contributed by atoms with Crippen LogP contribution in [-0.4, -0.2) is 16.2 Å². The molecule has 6 heteroatoms. The summed E-state index contributed by atoms with van der Waals surface area (Å²) < 4.78 is 13.2. The first kappa shape index (κ1) is 13.3. The largest absolute Gasteiger partial charge is 0.382 e. The highest BCUT2D eigenvalue weighted by molar-refractivity contribution is 7.98. The van der Waals surface area contributed by atoms with Crippen molar-refractivity contribution in [3.8, 4) is 6.07 Å². The van der Waals surface area contributed by atoms with Gasteiger partial charge in [0.1, 0.15) is 23.3 Å². The van der Waals surface area contributed by atoms with Crippen LogP contribution in [0.5, 0.6) is 0 Å². The van der Waals surface area contributed by atoms with Crippen LogP contribution in [0.1, 0.15) is 16.8 Å². The normalized spacial score (nSPS) is 10.2. The molecule has 0 aliphatic carbocycles. The minimum absolute atomic E-state index is 0.160. The molecule has 0 unspecified atom stereocenters. The van der Waals surface area contributed by atoms with Gasteiger partial charge < -0.3 is 5.73 Å². The van der Waals surface area contributed by atoms with Gasteiger partial charge in [0.25, 0.3) is 0 Å². The molecule has 0 radical (unpaired) electrons. The molecule has 4 nitrogen and oxygen atoms in total. The molecule has 0 spiro atoms. The van der Waals surface area contributed by atoms with Gasteiger partial charge in [0.05, 0.1) is 5.69 Å². The molecule has 0 atom stereocenters. The number of aromatic nitrogens is 2. The van der Waals surface area contributed by atoms with Crippen molar-refractivity contribution in [3.05, 3.63) is 46.9 Å². The Morgan fingerprint density at radius 2 is 2.21 bits per heavy atom. The summed E-state index contributed by atoms with van der Waals surface area (Å²) in [4.78, 5) is 8.29. The van der Waals surface area contributed by atoms with E-state index in [2.05, 4.69) is 9.97 Å². The maximum Gasteiger partial charge on any atom is 0.189 e. The number of anilines is 1. The number of nitrogen functional groups attached to an aromatic ring is 1. The number of rotatable bonds is 3. The van der Waals surface area contributed by atoms with E-state index in [1.807, 2.05) is 12.3 Å². The second kappa shape index (κ2) is 5.67. The van der Waals surface area contributed by atoms with Crippen LogP contribution >= 0.6 is 11.8 Å². The summed E-state index contributed by atoms with van der Waals surface area (Å²) in [6.45, 7) is 0. The van der Waals surface area contributed by atoms with Gasteiger partial charge in [-0.3, -0.25) is 0 Å². The molecule has 0 aliphatic heterocycles. The van der Waals surface area contributed by atoms with Crippen LogP contribution in [-0.2, 0) is 6.42 Å². The van der Waals surface area contributed by atoms with Gasteiger partial charge in [0, 0.05) is 6.42 Å². The first-order valence-corrected chi connectivity index (χ1v) is 6.71.